The van der Waals surface area contributed by atoms with Crippen LogP contribution < -0.4 is 9.80 Å². The summed E-state index contributed by atoms with van der Waals surface area (Å²) in [6.45, 7) is 11.6. The highest BCUT2D eigenvalue weighted by atomic mass is 16.2. The fraction of sp³-hybridized carbons (Fsp3) is 0.393. The number of aryl methyl sites for hydroxylation is 2. The van der Waals surface area contributed by atoms with Crippen LogP contribution in [0.1, 0.15) is 67.1 Å². The third-order valence-electron chi connectivity index (χ3n) is 6.70. The fourth-order valence-electron chi connectivity index (χ4n) is 4.59. The van der Waals surface area contributed by atoms with E-state index in [4.69, 9.17) is 7.85 Å². The first-order valence-corrected chi connectivity index (χ1v) is 11.8. The second-order valence-electron chi connectivity index (χ2n) is 8.69. The van der Waals surface area contributed by atoms with Gasteiger partial charge in [0.1, 0.15) is 7.85 Å². The Balaban J connectivity index is 2.06. The maximum atomic E-state index is 13.4. The van der Waals surface area contributed by atoms with Gasteiger partial charge in [-0.3, -0.25) is 4.79 Å². The molecule has 166 valence electrons. The molecule has 0 saturated carbocycles. The van der Waals surface area contributed by atoms with Crippen molar-refractivity contribution in [2.24, 2.45) is 5.92 Å². The molecule has 0 aliphatic carbocycles. The molecule has 3 rings (SSSR count). The summed E-state index contributed by atoms with van der Waals surface area (Å²) in [6, 6.07) is 12.3. The zero-order chi connectivity index (χ0) is 23.4. The molecule has 1 heterocycles. The first-order valence-electron chi connectivity index (χ1n) is 11.8. The molecule has 3 nitrogen and oxygen atoms in total. The normalized spacial score (nSPS) is 15.4. The van der Waals surface area contributed by atoms with Crippen molar-refractivity contribution in [2.75, 3.05) is 23.4 Å². The molecule has 1 aliphatic heterocycles. The summed E-state index contributed by atoms with van der Waals surface area (Å²) in [7, 11) is 7.85. The van der Waals surface area contributed by atoms with Crippen LogP contribution in [0.4, 0.5) is 11.4 Å². The number of benzene rings is 2. The molecule has 1 unspecified atom stereocenters. The van der Waals surface area contributed by atoms with Gasteiger partial charge in [-0.2, -0.15) is 0 Å². The minimum atomic E-state index is 0.00200. The molecule has 0 fully saturated rings. The number of hydrogen-bond acceptors (Lipinski definition) is 2. The Morgan fingerprint density at radius 3 is 2.44 bits per heavy atom. The molecule has 1 aliphatic rings. The van der Waals surface area contributed by atoms with E-state index in [1.54, 1.807) is 10.9 Å². The summed E-state index contributed by atoms with van der Waals surface area (Å²) < 4.78 is 0. The summed E-state index contributed by atoms with van der Waals surface area (Å²) in [6.07, 6.45) is 5.52. The van der Waals surface area contributed by atoms with Crippen LogP contribution >= 0.6 is 0 Å². The molecule has 0 spiro atoms. The third kappa shape index (κ3) is 4.55. The number of fused-ring (bicyclic) bond motifs is 1. The summed E-state index contributed by atoms with van der Waals surface area (Å²) in [5.41, 5.74) is 8.61. The molecule has 2 radical (unpaired) electrons. The second kappa shape index (κ2) is 10.2. The van der Waals surface area contributed by atoms with Gasteiger partial charge in [-0.25, -0.2) is 0 Å². The molecule has 2 aromatic rings. The Hall–Kier alpha value is -2.75. The second-order valence-corrected chi connectivity index (χ2v) is 8.69. The molecular formula is C28H35BN2O. The van der Waals surface area contributed by atoms with Crippen LogP contribution in [0.2, 0.25) is 0 Å². The van der Waals surface area contributed by atoms with Crippen molar-refractivity contribution in [3.05, 3.63) is 76.4 Å². The zero-order valence-corrected chi connectivity index (χ0v) is 20.4. The van der Waals surface area contributed by atoms with Crippen molar-refractivity contribution in [3.63, 3.8) is 0 Å². The number of carbonyl (C=O) groups is 1. The van der Waals surface area contributed by atoms with E-state index in [0.717, 1.165) is 48.4 Å². The van der Waals surface area contributed by atoms with Gasteiger partial charge in [0.25, 0.3) is 5.91 Å². The molecule has 0 saturated heterocycles. The van der Waals surface area contributed by atoms with Crippen LogP contribution in [0.5, 0.6) is 0 Å². The number of allylic oxidation sites excluding steroid dienone is 2. The predicted octanol–water partition coefficient (Wildman–Crippen LogP) is 6.64. The molecule has 0 N–H and O–H groups in total. The van der Waals surface area contributed by atoms with Gasteiger partial charge in [-0.15, -0.1) is 5.98 Å². The van der Waals surface area contributed by atoms with E-state index in [9.17, 15) is 4.79 Å². The average Bonchev–Trinajstić information content (AvgIpc) is 2.81. The highest BCUT2D eigenvalue weighted by Crippen LogP contribution is 2.42. The predicted molar refractivity (Wildman–Crippen MR) is 139 cm³/mol. The number of likely N-dealkylation sites (N-methyl/N-ethyl adjacent to an activating group) is 1. The van der Waals surface area contributed by atoms with E-state index in [-0.39, 0.29) is 5.91 Å². The number of hydrogen-bond donors (Lipinski definition) is 0. The summed E-state index contributed by atoms with van der Waals surface area (Å²) >= 11 is 0. The highest BCUT2D eigenvalue weighted by molar-refractivity contribution is 6.18. The summed E-state index contributed by atoms with van der Waals surface area (Å²) in [5.74, 6) is 2.13. The number of amides is 1. The smallest absolute Gasteiger partial charge is 0.258 e. The van der Waals surface area contributed by atoms with E-state index >= 15 is 0 Å². The Kier molecular flexibility index (Phi) is 7.66. The maximum Gasteiger partial charge on any atom is 0.258 e. The number of anilines is 2. The van der Waals surface area contributed by atoms with Crippen LogP contribution in [0.25, 0.3) is 5.57 Å². The van der Waals surface area contributed by atoms with Gasteiger partial charge >= 0.3 is 0 Å². The van der Waals surface area contributed by atoms with Gasteiger partial charge in [-0.05, 0) is 92.6 Å². The van der Waals surface area contributed by atoms with Gasteiger partial charge < -0.3 is 9.80 Å². The first kappa shape index (κ1) is 23.9. The Labute approximate surface area is 195 Å². The average molecular weight is 426 g/mol. The first-order chi connectivity index (χ1) is 15.4. The van der Waals surface area contributed by atoms with Crippen molar-refractivity contribution < 1.29 is 4.79 Å². The monoisotopic (exact) mass is 426 g/mol. The third-order valence-corrected chi connectivity index (χ3v) is 6.70. The topological polar surface area (TPSA) is 23.6 Å². The van der Waals surface area contributed by atoms with E-state index in [0.29, 0.717) is 11.5 Å². The lowest BCUT2D eigenvalue weighted by molar-refractivity contribution is 0.0993. The Morgan fingerprint density at radius 2 is 1.84 bits per heavy atom. The molecule has 32 heavy (non-hydrogen) atoms. The number of carbonyl (C=O) groups excluding carboxylic acids is 1. The molecule has 1 atom stereocenters. The molecular weight excluding hydrogens is 391 g/mol. The molecule has 0 aromatic heterocycles. The Morgan fingerprint density at radius 1 is 1.09 bits per heavy atom. The molecule has 0 bridgehead atoms. The molecule has 4 heteroatoms. The van der Waals surface area contributed by atoms with Crippen molar-refractivity contribution in [2.45, 2.75) is 53.9 Å². The molecule has 1 amide bonds. The minimum absolute atomic E-state index is 0.00200. The summed E-state index contributed by atoms with van der Waals surface area (Å²) in [4.78, 5) is 17.4. The van der Waals surface area contributed by atoms with E-state index in [1.165, 1.54) is 16.7 Å². The standard InChI is InChI=1S/C28H35BN2O/c1-7-10-21(8-2)25-17-24(18-29)31(9-3)27-14-12-22(16-26(25)27)28(32)30(6)23-13-11-19(4)20(5)15-23/h11-18,21H,7-10H2,1-6H3/b24-18+. The van der Waals surface area contributed by atoms with Crippen LogP contribution in [0.3, 0.4) is 0 Å². The SMILES string of the molecule is [B]/C=C1\C=C(C(CC)CCC)c2cc(C(=O)N(C)c3ccc(C)c(C)c3)ccc2N1CC. The highest BCUT2D eigenvalue weighted by Gasteiger charge is 2.26. The summed E-state index contributed by atoms with van der Waals surface area (Å²) in [5, 5.41) is 0. The van der Waals surface area contributed by atoms with Crippen molar-refractivity contribution >= 4 is 30.7 Å². The maximum absolute atomic E-state index is 13.4. The largest absolute Gasteiger partial charge is 0.342 e. The van der Waals surface area contributed by atoms with Gasteiger partial charge in [0.05, 0.1) is 0 Å². The van der Waals surface area contributed by atoms with E-state index < -0.39 is 0 Å². The number of rotatable bonds is 7. The van der Waals surface area contributed by atoms with E-state index in [1.807, 2.05) is 19.2 Å². The minimum Gasteiger partial charge on any atom is -0.342 e. The molecule has 2 aromatic carbocycles. The van der Waals surface area contributed by atoms with Gasteiger partial charge in [-0.1, -0.05) is 26.3 Å². The zero-order valence-electron chi connectivity index (χ0n) is 20.4. The van der Waals surface area contributed by atoms with Crippen LogP contribution in [0.15, 0.2) is 54.1 Å². The van der Waals surface area contributed by atoms with Gasteiger partial charge in [0, 0.05) is 41.8 Å². The number of nitrogens with zero attached hydrogens (tertiary/aromatic N) is 2. The van der Waals surface area contributed by atoms with Crippen LogP contribution in [0, 0.1) is 19.8 Å². The van der Waals surface area contributed by atoms with Crippen molar-refractivity contribution in [1.29, 1.82) is 0 Å². The lowest BCUT2D eigenvalue weighted by Gasteiger charge is -2.35. The van der Waals surface area contributed by atoms with Crippen LogP contribution in [-0.2, 0) is 0 Å². The van der Waals surface area contributed by atoms with Crippen molar-refractivity contribution in [1.82, 2.24) is 0 Å². The van der Waals surface area contributed by atoms with Crippen LogP contribution in [-0.4, -0.2) is 27.3 Å². The Bertz CT molecular complexity index is 1050. The van der Waals surface area contributed by atoms with E-state index in [2.05, 4.69) is 69.9 Å². The lowest BCUT2D eigenvalue weighted by Crippen LogP contribution is -2.29. The van der Waals surface area contributed by atoms with Gasteiger partial charge in [0.15, 0.2) is 0 Å². The van der Waals surface area contributed by atoms with Gasteiger partial charge in [0.2, 0.25) is 0 Å². The lowest BCUT2D eigenvalue weighted by atomic mass is 9.82. The quantitative estimate of drug-likeness (QED) is 0.464. The fourth-order valence-corrected chi connectivity index (χ4v) is 4.59. The van der Waals surface area contributed by atoms with Crippen molar-refractivity contribution in [3.8, 4) is 0 Å².